The summed E-state index contributed by atoms with van der Waals surface area (Å²) in [5.74, 6) is -0.466. The summed E-state index contributed by atoms with van der Waals surface area (Å²) in [6, 6.07) is 1.39. The molecule has 0 amide bonds. The summed E-state index contributed by atoms with van der Waals surface area (Å²) < 4.78 is 36.8. The van der Waals surface area contributed by atoms with Crippen LogP contribution in [0.4, 0.5) is 18.9 Å². The summed E-state index contributed by atoms with van der Waals surface area (Å²) in [5.41, 5.74) is 4.01. The molecular weight excluding hydrogens is 231 g/mol. The molecule has 0 fully saturated rings. The van der Waals surface area contributed by atoms with Crippen molar-refractivity contribution < 1.29 is 18.0 Å². The Bertz CT molecular complexity index is 391. The van der Waals surface area contributed by atoms with Crippen molar-refractivity contribution in [3.05, 3.63) is 28.3 Å². The predicted molar refractivity (Wildman–Crippen MR) is 50.9 cm³/mol. The normalized spacial score (nSPS) is 11.5. The Morgan fingerprint density at radius 2 is 1.93 bits per heavy atom. The highest BCUT2D eigenvalue weighted by molar-refractivity contribution is 6.34. The Morgan fingerprint density at radius 1 is 1.40 bits per heavy atom. The summed E-state index contributed by atoms with van der Waals surface area (Å²) in [6.07, 6.45) is -4.52. The molecule has 0 saturated heterocycles. The number of nitrogens with two attached hydrogens (primary N) is 1. The fourth-order valence-electron chi connectivity index (χ4n) is 1.16. The number of nitrogen functional groups attached to an aromatic ring is 1. The van der Waals surface area contributed by atoms with Crippen LogP contribution in [-0.4, -0.2) is 5.78 Å². The Kier molecular flexibility index (Phi) is 2.95. The van der Waals surface area contributed by atoms with E-state index in [1.807, 2.05) is 0 Å². The fraction of sp³-hybridized carbons (Fsp3) is 0.222. The van der Waals surface area contributed by atoms with Crippen molar-refractivity contribution in [3.8, 4) is 0 Å². The van der Waals surface area contributed by atoms with E-state index >= 15 is 0 Å². The van der Waals surface area contributed by atoms with E-state index in [-0.39, 0.29) is 16.3 Å². The Balaban J connectivity index is 3.39. The lowest BCUT2D eigenvalue weighted by Crippen LogP contribution is -2.09. The molecule has 82 valence electrons. The average molecular weight is 238 g/mol. The first-order valence-electron chi connectivity index (χ1n) is 3.90. The molecule has 0 atom stereocenters. The zero-order valence-corrected chi connectivity index (χ0v) is 8.41. The van der Waals surface area contributed by atoms with E-state index in [1.54, 1.807) is 0 Å². The van der Waals surface area contributed by atoms with Crippen molar-refractivity contribution in [3.63, 3.8) is 0 Å². The average Bonchev–Trinajstić information content (AvgIpc) is 1.99. The second-order valence-corrected chi connectivity index (χ2v) is 3.38. The SMILES string of the molecule is CC(=O)c1c(N)cc(C(F)(F)F)cc1Cl. The van der Waals surface area contributed by atoms with E-state index < -0.39 is 17.5 Å². The number of hydrogen-bond acceptors (Lipinski definition) is 2. The molecular formula is C9H7ClF3NO. The molecule has 1 aromatic rings. The van der Waals surface area contributed by atoms with Gasteiger partial charge in [-0.15, -0.1) is 0 Å². The molecule has 0 aliphatic rings. The predicted octanol–water partition coefficient (Wildman–Crippen LogP) is 3.14. The third-order valence-electron chi connectivity index (χ3n) is 1.80. The summed E-state index contributed by atoms with van der Waals surface area (Å²) >= 11 is 5.53. The van der Waals surface area contributed by atoms with Crippen molar-refractivity contribution in [2.45, 2.75) is 13.1 Å². The monoisotopic (exact) mass is 237 g/mol. The molecule has 0 heterocycles. The van der Waals surface area contributed by atoms with Crippen molar-refractivity contribution in [1.82, 2.24) is 0 Å². The second kappa shape index (κ2) is 3.73. The summed E-state index contributed by atoms with van der Waals surface area (Å²) in [6.45, 7) is 1.19. The molecule has 2 nitrogen and oxygen atoms in total. The standard InChI is InChI=1S/C9H7ClF3NO/c1-4(15)8-6(10)2-5(3-7(8)14)9(11,12)13/h2-3H,14H2,1H3. The number of hydrogen-bond donors (Lipinski definition) is 1. The number of carbonyl (C=O) groups excluding carboxylic acids is 1. The van der Waals surface area contributed by atoms with Crippen LogP contribution >= 0.6 is 11.6 Å². The van der Waals surface area contributed by atoms with Crippen molar-refractivity contribution in [1.29, 1.82) is 0 Å². The van der Waals surface area contributed by atoms with Gasteiger partial charge in [-0.1, -0.05) is 11.6 Å². The van der Waals surface area contributed by atoms with Crippen LogP contribution in [0.5, 0.6) is 0 Å². The number of alkyl halides is 3. The van der Waals surface area contributed by atoms with E-state index in [0.717, 1.165) is 0 Å². The van der Waals surface area contributed by atoms with Gasteiger partial charge in [-0.2, -0.15) is 13.2 Å². The van der Waals surface area contributed by atoms with Crippen LogP contribution in [0.1, 0.15) is 22.8 Å². The van der Waals surface area contributed by atoms with Gasteiger partial charge in [-0.3, -0.25) is 4.79 Å². The van der Waals surface area contributed by atoms with E-state index in [4.69, 9.17) is 17.3 Å². The minimum Gasteiger partial charge on any atom is -0.398 e. The maximum Gasteiger partial charge on any atom is 0.416 e. The molecule has 1 rings (SSSR count). The Morgan fingerprint density at radius 3 is 2.27 bits per heavy atom. The molecule has 0 unspecified atom stereocenters. The topological polar surface area (TPSA) is 43.1 Å². The van der Waals surface area contributed by atoms with Crippen molar-refractivity contribution in [2.75, 3.05) is 5.73 Å². The first-order valence-corrected chi connectivity index (χ1v) is 4.28. The van der Waals surface area contributed by atoms with Crippen LogP contribution in [0.15, 0.2) is 12.1 Å². The number of benzene rings is 1. The Labute approximate surface area is 88.8 Å². The van der Waals surface area contributed by atoms with Crippen LogP contribution in [0.2, 0.25) is 5.02 Å². The number of halogens is 4. The zero-order valence-electron chi connectivity index (χ0n) is 7.65. The molecule has 0 aromatic heterocycles. The maximum atomic E-state index is 12.3. The van der Waals surface area contributed by atoms with Gasteiger partial charge in [0.1, 0.15) is 0 Å². The van der Waals surface area contributed by atoms with Crippen LogP contribution in [0.25, 0.3) is 0 Å². The first-order chi connectivity index (χ1) is 6.73. The van der Waals surface area contributed by atoms with Crippen LogP contribution in [-0.2, 0) is 6.18 Å². The lowest BCUT2D eigenvalue weighted by atomic mass is 10.1. The first kappa shape index (κ1) is 11.8. The molecule has 0 radical (unpaired) electrons. The number of carbonyl (C=O) groups is 1. The van der Waals surface area contributed by atoms with Gasteiger partial charge in [-0.25, -0.2) is 0 Å². The molecule has 0 bridgehead atoms. The maximum absolute atomic E-state index is 12.3. The summed E-state index contributed by atoms with van der Waals surface area (Å²) in [5, 5.41) is -0.283. The van der Waals surface area contributed by atoms with Crippen LogP contribution < -0.4 is 5.73 Å². The molecule has 15 heavy (non-hydrogen) atoms. The molecule has 0 saturated carbocycles. The van der Waals surface area contributed by atoms with E-state index in [1.165, 1.54) is 6.92 Å². The van der Waals surface area contributed by atoms with Crippen LogP contribution in [0.3, 0.4) is 0 Å². The Hall–Kier alpha value is -1.23. The third-order valence-corrected chi connectivity index (χ3v) is 2.10. The van der Waals surface area contributed by atoms with Gasteiger partial charge in [0.25, 0.3) is 0 Å². The van der Waals surface area contributed by atoms with Crippen molar-refractivity contribution in [2.24, 2.45) is 0 Å². The molecule has 1 aromatic carbocycles. The van der Waals surface area contributed by atoms with E-state index in [2.05, 4.69) is 0 Å². The number of rotatable bonds is 1. The minimum absolute atomic E-state index is 0.0790. The molecule has 0 aliphatic heterocycles. The largest absolute Gasteiger partial charge is 0.416 e. The molecule has 6 heteroatoms. The van der Waals surface area contributed by atoms with Crippen LogP contribution in [0, 0.1) is 0 Å². The lowest BCUT2D eigenvalue weighted by Gasteiger charge is -2.11. The highest BCUT2D eigenvalue weighted by atomic mass is 35.5. The number of anilines is 1. The quantitative estimate of drug-likeness (QED) is 0.602. The van der Waals surface area contributed by atoms with Gasteiger partial charge in [0, 0.05) is 5.69 Å². The summed E-state index contributed by atoms with van der Waals surface area (Å²) in [4.78, 5) is 11.0. The zero-order chi connectivity index (χ0) is 11.8. The highest BCUT2D eigenvalue weighted by Gasteiger charge is 2.32. The summed E-state index contributed by atoms with van der Waals surface area (Å²) in [7, 11) is 0. The lowest BCUT2D eigenvalue weighted by molar-refractivity contribution is -0.137. The van der Waals surface area contributed by atoms with Crippen molar-refractivity contribution >= 4 is 23.1 Å². The second-order valence-electron chi connectivity index (χ2n) is 2.98. The van der Waals surface area contributed by atoms with E-state index in [9.17, 15) is 18.0 Å². The minimum atomic E-state index is -4.52. The molecule has 0 spiro atoms. The molecule has 2 N–H and O–H groups in total. The fourth-order valence-corrected chi connectivity index (χ4v) is 1.52. The molecule has 0 aliphatic carbocycles. The number of Topliss-reactive ketones (excluding diaryl/α,β-unsaturated/α-hetero) is 1. The third kappa shape index (κ3) is 2.41. The van der Waals surface area contributed by atoms with Gasteiger partial charge in [0.15, 0.2) is 5.78 Å². The van der Waals surface area contributed by atoms with Gasteiger partial charge >= 0.3 is 6.18 Å². The number of ketones is 1. The van der Waals surface area contributed by atoms with Gasteiger partial charge in [0.2, 0.25) is 0 Å². The smallest absolute Gasteiger partial charge is 0.398 e. The highest BCUT2D eigenvalue weighted by Crippen LogP contribution is 2.35. The van der Waals surface area contributed by atoms with Gasteiger partial charge in [-0.05, 0) is 19.1 Å². The van der Waals surface area contributed by atoms with Gasteiger partial charge < -0.3 is 5.73 Å². The van der Waals surface area contributed by atoms with E-state index in [0.29, 0.717) is 12.1 Å². The van der Waals surface area contributed by atoms with Gasteiger partial charge in [0.05, 0.1) is 16.1 Å².